The quantitative estimate of drug-likeness (QED) is 0.424. The number of non-ortho nitro benzene ring substituents is 1. The maximum Gasteiger partial charge on any atom is 0.285 e. The number of hydrogen-bond acceptors (Lipinski definition) is 6. The molecule has 9 nitrogen and oxygen atoms in total. The number of carbonyl (C=O) groups is 3. The second kappa shape index (κ2) is 9.69. The van der Waals surface area contributed by atoms with E-state index in [1.165, 1.54) is 30.0 Å². The number of amides is 3. The third-order valence-electron chi connectivity index (χ3n) is 3.75. The lowest BCUT2D eigenvalue weighted by Gasteiger charge is -2.14. The zero-order valence-corrected chi connectivity index (χ0v) is 16.9. The summed E-state index contributed by atoms with van der Waals surface area (Å²) in [4.78, 5) is 48.6. The molecule has 2 N–H and O–H groups in total. The summed E-state index contributed by atoms with van der Waals surface area (Å²) in [7, 11) is 3.32. The van der Waals surface area contributed by atoms with Crippen molar-refractivity contribution in [3.63, 3.8) is 0 Å². The van der Waals surface area contributed by atoms with Crippen LogP contribution in [-0.2, 0) is 4.79 Å². The molecule has 0 fully saturated rings. The third kappa shape index (κ3) is 6.32. The lowest BCUT2D eigenvalue weighted by molar-refractivity contribution is -0.384. The number of nitrogens with one attached hydrogen (secondary N) is 2. The summed E-state index contributed by atoms with van der Waals surface area (Å²) in [6.07, 6.45) is 0. The van der Waals surface area contributed by atoms with Gasteiger partial charge in [0.1, 0.15) is 6.04 Å². The number of benzene rings is 2. The van der Waals surface area contributed by atoms with Crippen LogP contribution in [0, 0.1) is 10.1 Å². The molecule has 0 aliphatic rings. The molecule has 0 saturated carbocycles. The van der Waals surface area contributed by atoms with Crippen LogP contribution in [0.1, 0.15) is 17.3 Å². The van der Waals surface area contributed by atoms with Crippen LogP contribution in [0.3, 0.4) is 0 Å². The number of anilines is 1. The van der Waals surface area contributed by atoms with Crippen molar-refractivity contribution in [2.24, 2.45) is 0 Å². The van der Waals surface area contributed by atoms with Gasteiger partial charge in [-0.2, -0.15) is 0 Å². The molecule has 2 rings (SSSR count). The normalized spacial score (nSPS) is 11.3. The van der Waals surface area contributed by atoms with Crippen molar-refractivity contribution < 1.29 is 19.3 Å². The Morgan fingerprint density at radius 1 is 1.10 bits per heavy atom. The van der Waals surface area contributed by atoms with Crippen LogP contribution in [0.2, 0.25) is 0 Å². The smallest absolute Gasteiger partial charge is 0.285 e. The molecule has 0 saturated heterocycles. The van der Waals surface area contributed by atoms with Crippen LogP contribution in [0.4, 0.5) is 16.2 Å². The van der Waals surface area contributed by atoms with Crippen molar-refractivity contribution in [3.05, 3.63) is 64.2 Å². The fourth-order valence-electron chi connectivity index (χ4n) is 2.16. The number of nitro groups is 1. The molecule has 0 spiro atoms. The Labute approximate surface area is 171 Å². The minimum Gasteiger partial charge on any atom is -0.341 e. The Balaban J connectivity index is 1.95. The summed E-state index contributed by atoms with van der Waals surface area (Å²) < 4.78 is 0. The largest absolute Gasteiger partial charge is 0.341 e. The van der Waals surface area contributed by atoms with E-state index in [4.69, 9.17) is 0 Å². The second-order valence-corrected chi connectivity index (χ2v) is 7.30. The van der Waals surface area contributed by atoms with E-state index in [-0.39, 0.29) is 16.5 Å². The summed E-state index contributed by atoms with van der Waals surface area (Å²) in [5.41, 5.74) is 0.388. The molecular weight excluding hydrogens is 396 g/mol. The van der Waals surface area contributed by atoms with Crippen LogP contribution in [0.25, 0.3) is 0 Å². The molecule has 2 aromatic rings. The first-order chi connectivity index (χ1) is 13.7. The van der Waals surface area contributed by atoms with Gasteiger partial charge in [-0.15, -0.1) is 0 Å². The first-order valence-electron chi connectivity index (χ1n) is 8.52. The minimum absolute atomic E-state index is 0.0887. The molecule has 3 amide bonds. The average molecular weight is 416 g/mol. The van der Waals surface area contributed by atoms with Gasteiger partial charge in [0.2, 0.25) is 5.91 Å². The number of nitro benzene ring substituents is 1. The lowest BCUT2D eigenvalue weighted by Crippen LogP contribution is -2.41. The van der Waals surface area contributed by atoms with Crippen molar-refractivity contribution in [2.75, 3.05) is 19.4 Å². The summed E-state index contributed by atoms with van der Waals surface area (Å²) in [6.45, 7) is 1.50. The average Bonchev–Trinajstić information content (AvgIpc) is 2.69. The number of nitrogens with zero attached hydrogens (tertiary/aromatic N) is 2. The van der Waals surface area contributed by atoms with E-state index in [9.17, 15) is 24.5 Å². The van der Waals surface area contributed by atoms with Gasteiger partial charge in [-0.05, 0) is 49.0 Å². The number of hydrogen-bond donors (Lipinski definition) is 2. The SMILES string of the molecule is CC(NC(=O)c1cccc([N+](=O)[O-])c1)C(=O)Nc1ccc(SC(=O)N(C)C)cc1. The van der Waals surface area contributed by atoms with Crippen LogP contribution in [-0.4, -0.2) is 47.0 Å². The zero-order chi connectivity index (χ0) is 21.6. The molecule has 0 aliphatic heterocycles. The molecule has 10 heteroatoms. The number of carbonyl (C=O) groups excluding carboxylic acids is 3. The van der Waals surface area contributed by atoms with Crippen molar-refractivity contribution >= 4 is 40.2 Å². The van der Waals surface area contributed by atoms with Crippen molar-refractivity contribution in [2.45, 2.75) is 17.9 Å². The molecule has 1 unspecified atom stereocenters. The van der Waals surface area contributed by atoms with E-state index in [1.807, 2.05) is 0 Å². The van der Waals surface area contributed by atoms with Crippen molar-refractivity contribution in [3.8, 4) is 0 Å². The summed E-state index contributed by atoms with van der Waals surface area (Å²) in [6, 6.07) is 11.1. The van der Waals surface area contributed by atoms with Gasteiger partial charge in [-0.1, -0.05) is 6.07 Å². The Kier molecular flexibility index (Phi) is 7.32. The standard InChI is InChI=1S/C19H20N4O5S/c1-12(20-18(25)13-5-4-6-15(11-13)23(27)28)17(24)21-14-7-9-16(10-8-14)29-19(26)22(2)3/h4-12H,1-3H3,(H,20,25)(H,21,24). The van der Waals surface area contributed by atoms with E-state index in [0.29, 0.717) is 5.69 Å². The van der Waals surface area contributed by atoms with Gasteiger partial charge in [-0.3, -0.25) is 24.5 Å². The Hall–Kier alpha value is -3.40. The van der Waals surface area contributed by atoms with E-state index < -0.39 is 22.8 Å². The highest BCUT2D eigenvalue weighted by atomic mass is 32.2. The monoisotopic (exact) mass is 416 g/mol. The molecule has 0 radical (unpaired) electrons. The Morgan fingerprint density at radius 3 is 2.34 bits per heavy atom. The van der Waals surface area contributed by atoms with Gasteiger partial charge in [0.15, 0.2) is 0 Å². The maximum atomic E-state index is 12.3. The van der Waals surface area contributed by atoms with Gasteiger partial charge in [0.25, 0.3) is 16.8 Å². The van der Waals surface area contributed by atoms with Crippen LogP contribution >= 0.6 is 11.8 Å². The molecule has 0 bridgehead atoms. The molecular formula is C19H20N4O5S. The summed E-state index contributed by atoms with van der Waals surface area (Å²) >= 11 is 1.06. The molecule has 152 valence electrons. The van der Waals surface area contributed by atoms with Crippen LogP contribution in [0.15, 0.2) is 53.4 Å². The molecule has 1 atom stereocenters. The second-order valence-electron chi connectivity index (χ2n) is 6.28. The van der Waals surface area contributed by atoms with E-state index >= 15 is 0 Å². The fourth-order valence-corrected chi connectivity index (χ4v) is 2.81. The predicted molar refractivity (Wildman–Crippen MR) is 110 cm³/mol. The summed E-state index contributed by atoms with van der Waals surface area (Å²) in [5, 5.41) is 15.9. The van der Waals surface area contributed by atoms with Gasteiger partial charge >= 0.3 is 0 Å². The first-order valence-corrected chi connectivity index (χ1v) is 9.34. The molecule has 0 aliphatic carbocycles. The highest BCUT2D eigenvalue weighted by Crippen LogP contribution is 2.22. The highest BCUT2D eigenvalue weighted by Gasteiger charge is 2.18. The van der Waals surface area contributed by atoms with Crippen LogP contribution in [0.5, 0.6) is 0 Å². The van der Waals surface area contributed by atoms with Gasteiger partial charge in [0.05, 0.1) is 4.92 Å². The lowest BCUT2D eigenvalue weighted by atomic mass is 10.1. The molecule has 2 aromatic carbocycles. The van der Waals surface area contributed by atoms with Gasteiger partial charge in [-0.25, -0.2) is 0 Å². The summed E-state index contributed by atoms with van der Waals surface area (Å²) in [5.74, 6) is -1.04. The highest BCUT2D eigenvalue weighted by molar-refractivity contribution is 8.13. The third-order valence-corrected chi connectivity index (χ3v) is 4.80. The van der Waals surface area contributed by atoms with Crippen LogP contribution < -0.4 is 10.6 Å². The molecule has 0 aromatic heterocycles. The Morgan fingerprint density at radius 2 is 1.76 bits per heavy atom. The topological polar surface area (TPSA) is 122 Å². The van der Waals surface area contributed by atoms with Gasteiger partial charge < -0.3 is 15.5 Å². The van der Waals surface area contributed by atoms with E-state index in [2.05, 4.69) is 10.6 Å². The minimum atomic E-state index is -0.869. The predicted octanol–water partition coefficient (Wildman–Crippen LogP) is 3.13. The zero-order valence-electron chi connectivity index (χ0n) is 16.0. The number of thioether (sulfide) groups is 1. The van der Waals surface area contributed by atoms with Crippen molar-refractivity contribution in [1.29, 1.82) is 0 Å². The molecule has 29 heavy (non-hydrogen) atoms. The Bertz CT molecular complexity index is 930. The fraction of sp³-hybridized carbons (Fsp3) is 0.211. The van der Waals surface area contributed by atoms with Gasteiger partial charge in [0, 0.05) is 42.4 Å². The number of rotatable bonds is 6. The van der Waals surface area contributed by atoms with E-state index in [1.54, 1.807) is 38.4 Å². The molecule has 0 heterocycles. The van der Waals surface area contributed by atoms with Crippen molar-refractivity contribution in [1.82, 2.24) is 10.2 Å². The maximum absolute atomic E-state index is 12.3. The first kappa shape index (κ1) is 21.9. The van der Waals surface area contributed by atoms with E-state index in [0.717, 1.165) is 22.7 Å².